The van der Waals surface area contributed by atoms with Crippen LogP contribution in [-0.4, -0.2) is 39.1 Å². The van der Waals surface area contributed by atoms with Crippen LogP contribution in [0.2, 0.25) is 0 Å². The van der Waals surface area contributed by atoms with Crippen LogP contribution in [0.1, 0.15) is 25.1 Å². The van der Waals surface area contributed by atoms with Crippen LogP contribution in [0.5, 0.6) is 0 Å². The van der Waals surface area contributed by atoms with Crippen LogP contribution in [0.25, 0.3) is 11.0 Å². The molecule has 0 aromatic carbocycles. The van der Waals surface area contributed by atoms with Gasteiger partial charge in [0.05, 0.1) is 24.3 Å². The van der Waals surface area contributed by atoms with E-state index in [1.54, 1.807) is 10.9 Å². The number of nitrogens with two attached hydrogens (primary N) is 1. The smallest absolute Gasteiger partial charge is 0.163 e. The van der Waals surface area contributed by atoms with Crippen LogP contribution in [0.4, 0.5) is 5.82 Å². The van der Waals surface area contributed by atoms with E-state index in [4.69, 9.17) is 15.2 Å². The average molecular weight is 277 g/mol. The summed E-state index contributed by atoms with van der Waals surface area (Å²) in [5.74, 6) is 1.02. The third kappa shape index (κ3) is 2.73. The van der Waals surface area contributed by atoms with Crippen molar-refractivity contribution in [2.45, 2.75) is 32.0 Å². The molecule has 1 aliphatic heterocycles. The SMILES string of the molecule is Cn1ncc2c(N)nc(COCC3CCCCO3)nc21. The first kappa shape index (κ1) is 13.3. The molecule has 1 fully saturated rings. The van der Waals surface area contributed by atoms with Crippen LogP contribution in [0.15, 0.2) is 6.20 Å². The molecule has 108 valence electrons. The molecule has 7 nitrogen and oxygen atoms in total. The Kier molecular flexibility index (Phi) is 3.79. The molecular weight excluding hydrogens is 258 g/mol. The van der Waals surface area contributed by atoms with Crippen molar-refractivity contribution in [3.8, 4) is 0 Å². The second-order valence-electron chi connectivity index (χ2n) is 5.03. The van der Waals surface area contributed by atoms with Crippen molar-refractivity contribution < 1.29 is 9.47 Å². The van der Waals surface area contributed by atoms with E-state index in [0.29, 0.717) is 24.9 Å². The minimum absolute atomic E-state index is 0.196. The third-order valence-electron chi connectivity index (χ3n) is 3.48. The van der Waals surface area contributed by atoms with E-state index in [1.165, 1.54) is 6.42 Å². The van der Waals surface area contributed by atoms with Crippen molar-refractivity contribution in [1.29, 1.82) is 0 Å². The van der Waals surface area contributed by atoms with Gasteiger partial charge in [0.25, 0.3) is 0 Å². The number of anilines is 1. The monoisotopic (exact) mass is 277 g/mol. The van der Waals surface area contributed by atoms with E-state index in [-0.39, 0.29) is 6.10 Å². The maximum atomic E-state index is 5.90. The van der Waals surface area contributed by atoms with Gasteiger partial charge in [-0.15, -0.1) is 0 Å². The molecule has 1 aliphatic rings. The van der Waals surface area contributed by atoms with Crippen LogP contribution in [-0.2, 0) is 23.1 Å². The maximum absolute atomic E-state index is 5.90. The molecule has 0 spiro atoms. The molecule has 1 atom stereocenters. The zero-order valence-corrected chi connectivity index (χ0v) is 11.6. The lowest BCUT2D eigenvalue weighted by Gasteiger charge is -2.22. The molecule has 20 heavy (non-hydrogen) atoms. The molecule has 0 aliphatic carbocycles. The number of nitrogen functional groups attached to an aromatic ring is 1. The molecule has 2 aromatic heterocycles. The van der Waals surface area contributed by atoms with E-state index in [9.17, 15) is 0 Å². The van der Waals surface area contributed by atoms with Crippen LogP contribution in [0.3, 0.4) is 0 Å². The number of rotatable bonds is 4. The Morgan fingerprint density at radius 2 is 2.35 bits per heavy atom. The fourth-order valence-electron chi connectivity index (χ4n) is 2.38. The molecule has 0 amide bonds. The average Bonchev–Trinajstić information content (AvgIpc) is 2.82. The van der Waals surface area contributed by atoms with Gasteiger partial charge in [-0.25, -0.2) is 9.97 Å². The Balaban J connectivity index is 1.63. The highest BCUT2D eigenvalue weighted by Crippen LogP contribution is 2.17. The first-order valence-corrected chi connectivity index (χ1v) is 6.87. The molecule has 2 N–H and O–H groups in total. The van der Waals surface area contributed by atoms with Gasteiger partial charge in [0.2, 0.25) is 0 Å². The molecule has 3 rings (SSSR count). The van der Waals surface area contributed by atoms with Gasteiger partial charge in [-0.3, -0.25) is 4.68 Å². The van der Waals surface area contributed by atoms with Gasteiger partial charge in [0, 0.05) is 13.7 Å². The fraction of sp³-hybridized carbons (Fsp3) is 0.615. The number of fused-ring (bicyclic) bond motifs is 1. The predicted molar refractivity (Wildman–Crippen MR) is 74.0 cm³/mol. The number of hydrogen-bond donors (Lipinski definition) is 1. The van der Waals surface area contributed by atoms with E-state index in [1.807, 2.05) is 7.05 Å². The minimum atomic E-state index is 0.196. The summed E-state index contributed by atoms with van der Waals surface area (Å²) in [7, 11) is 1.83. The van der Waals surface area contributed by atoms with Crippen molar-refractivity contribution >= 4 is 16.9 Å². The van der Waals surface area contributed by atoms with Crippen molar-refractivity contribution in [3.63, 3.8) is 0 Å². The van der Waals surface area contributed by atoms with Gasteiger partial charge < -0.3 is 15.2 Å². The van der Waals surface area contributed by atoms with Crippen LogP contribution in [0, 0.1) is 0 Å². The second kappa shape index (κ2) is 5.72. The second-order valence-corrected chi connectivity index (χ2v) is 5.03. The predicted octanol–water partition coefficient (Wildman–Crippen LogP) is 1.03. The Labute approximate surface area is 117 Å². The van der Waals surface area contributed by atoms with Gasteiger partial charge in [-0.1, -0.05) is 0 Å². The molecule has 0 radical (unpaired) electrons. The van der Waals surface area contributed by atoms with E-state index >= 15 is 0 Å². The van der Waals surface area contributed by atoms with Crippen LogP contribution >= 0.6 is 0 Å². The summed E-state index contributed by atoms with van der Waals surface area (Å²) in [5.41, 5.74) is 6.63. The largest absolute Gasteiger partial charge is 0.383 e. The molecule has 1 unspecified atom stereocenters. The Morgan fingerprint density at radius 1 is 1.45 bits per heavy atom. The number of hydrogen-bond acceptors (Lipinski definition) is 6. The Morgan fingerprint density at radius 3 is 3.15 bits per heavy atom. The van der Waals surface area contributed by atoms with Gasteiger partial charge in [0.15, 0.2) is 11.5 Å². The van der Waals surface area contributed by atoms with E-state index in [0.717, 1.165) is 30.5 Å². The first-order chi connectivity index (χ1) is 9.74. The third-order valence-corrected chi connectivity index (χ3v) is 3.48. The number of ether oxygens (including phenoxy) is 2. The maximum Gasteiger partial charge on any atom is 0.163 e. The highest BCUT2D eigenvalue weighted by atomic mass is 16.5. The van der Waals surface area contributed by atoms with Crippen molar-refractivity contribution in [1.82, 2.24) is 19.7 Å². The number of aromatic nitrogens is 4. The van der Waals surface area contributed by atoms with Gasteiger partial charge in [-0.2, -0.15) is 5.10 Å². The summed E-state index contributed by atoms with van der Waals surface area (Å²) >= 11 is 0. The van der Waals surface area contributed by atoms with Gasteiger partial charge >= 0.3 is 0 Å². The Hall–Kier alpha value is -1.73. The van der Waals surface area contributed by atoms with Gasteiger partial charge in [-0.05, 0) is 19.3 Å². The zero-order chi connectivity index (χ0) is 13.9. The molecule has 2 aromatic rings. The molecule has 7 heteroatoms. The minimum Gasteiger partial charge on any atom is -0.383 e. The summed E-state index contributed by atoms with van der Waals surface area (Å²) in [5, 5.41) is 4.90. The summed E-state index contributed by atoms with van der Waals surface area (Å²) < 4.78 is 12.9. The molecule has 3 heterocycles. The van der Waals surface area contributed by atoms with Crippen LogP contribution < -0.4 is 5.73 Å². The quantitative estimate of drug-likeness (QED) is 0.898. The fourth-order valence-corrected chi connectivity index (χ4v) is 2.38. The summed E-state index contributed by atoms with van der Waals surface area (Å²) in [4.78, 5) is 8.67. The lowest BCUT2D eigenvalue weighted by atomic mass is 10.1. The van der Waals surface area contributed by atoms with Crippen molar-refractivity contribution in [2.75, 3.05) is 18.9 Å². The normalized spacial score (nSPS) is 19.6. The highest BCUT2D eigenvalue weighted by Gasteiger charge is 2.14. The van der Waals surface area contributed by atoms with E-state index in [2.05, 4.69) is 15.1 Å². The van der Waals surface area contributed by atoms with Crippen molar-refractivity contribution in [3.05, 3.63) is 12.0 Å². The molecule has 0 bridgehead atoms. The zero-order valence-electron chi connectivity index (χ0n) is 11.6. The molecule has 1 saturated heterocycles. The standard InChI is InChI=1S/C13H19N5O2/c1-18-13-10(6-15-18)12(14)16-11(17-13)8-19-7-9-4-2-3-5-20-9/h6,9H,2-5,7-8H2,1H3,(H2,14,16,17). The van der Waals surface area contributed by atoms with Gasteiger partial charge in [0.1, 0.15) is 12.4 Å². The lowest BCUT2D eigenvalue weighted by Crippen LogP contribution is -2.24. The van der Waals surface area contributed by atoms with Crippen molar-refractivity contribution in [2.24, 2.45) is 7.05 Å². The topological polar surface area (TPSA) is 88.1 Å². The summed E-state index contributed by atoms with van der Waals surface area (Å²) in [6.07, 6.45) is 5.28. The first-order valence-electron chi connectivity index (χ1n) is 6.87. The summed E-state index contributed by atoms with van der Waals surface area (Å²) in [6.45, 7) is 1.75. The number of aryl methyl sites for hydroxylation is 1. The number of nitrogens with zero attached hydrogens (tertiary/aromatic N) is 4. The Bertz CT molecular complexity index is 592. The highest BCUT2D eigenvalue weighted by molar-refractivity contribution is 5.84. The van der Waals surface area contributed by atoms with E-state index < -0.39 is 0 Å². The molecule has 0 saturated carbocycles. The lowest BCUT2D eigenvalue weighted by molar-refractivity contribution is -0.0457. The molecular formula is C13H19N5O2. The summed E-state index contributed by atoms with van der Waals surface area (Å²) in [6, 6.07) is 0.